The molecule has 1 fully saturated rings. The minimum absolute atomic E-state index is 0.766. The molecule has 1 aliphatic rings. The number of ether oxygens (including phenoxy) is 2. The summed E-state index contributed by atoms with van der Waals surface area (Å²) in [5, 5.41) is 6.74. The first-order valence-electron chi connectivity index (χ1n) is 9.85. The minimum Gasteiger partial charge on any atom is -0.494 e. The van der Waals surface area contributed by atoms with Crippen molar-refractivity contribution in [3.8, 4) is 5.75 Å². The van der Waals surface area contributed by atoms with Gasteiger partial charge in [0.15, 0.2) is 5.96 Å². The molecule has 0 bridgehead atoms. The quantitative estimate of drug-likeness (QED) is 0.492. The summed E-state index contributed by atoms with van der Waals surface area (Å²) in [5.41, 5.74) is 1.27. The summed E-state index contributed by atoms with van der Waals surface area (Å²) >= 11 is 0. The van der Waals surface area contributed by atoms with Gasteiger partial charge in [0.1, 0.15) is 5.75 Å². The highest BCUT2D eigenvalue weighted by Crippen LogP contribution is 2.13. The number of guanidine groups is 1. The zero-order valence-electron chi connectivity index (χ0n) is 16.3. The standard InChI is InChI=1S/C20H34N4O2/c1-3-14-26-19-7-5-6-18(17-19)8-9-22-20(21-4-2)23-10-11-24-12-15-25-16-13-24/h5-7,17H,3-4,8-16H2,1-2H3,(H2,21,22,23). The summed E-state index contributed by atoms with van der Waals surface area (Å²) in [6.45, 7) is 12.2. The highest BCUT2D eigenvalue weighted by Gasteiger charge is 2.09. The van der Waals surface area contributed by atoms with E-state index in [2.05, 4.69) is 52.6 Å². The molecule has 26 heavy (non-hydrogen) atoms. The van der Waals surface area contributed by atoms with Gasteiger partial charge in [0.2, 0.25) is 0 Å². The predicted octanol–water partition coefficient (Wildman–Crippen LogP) is 1.91. The SMILES string of the molecule is CCCOc1cccc(CCNC(=NCCN2CCOCC2)NCC)c1. The molecule has 0 spiro atoms. The molecule has 6 heteroatoms. The molecule has 6 nitrogen and oxygen atoms in total. The Balaban J connectivity index is 1.73. The van der Waals surface area contributed by atoms with E-state index in [0.717, 1.165) is 83.6 Å². The Morgan fingerprint density at radius 1 is 1.23 bits per heavy atom. The maximum Gasteiger partial charge on any atom is 0.191 e. The molecule has 146 valence electrons. The smallest absolute Gasteiger partial charge is 0.191 e. The highest BCUT2D eigenvalue weighted by atomic mass is 16.5. The molecule has 2 rings (SSSR count). The van der Waals surface area contributed by atoms with Gasteiger partial charge in [-0.3, -0.25) is 9.89 Å². The van der Waals surface area contributed by atoms with Gasteiger partial charge < -0.3 is 20.1 Å². The lowest BCUT2D eigenvalue weighted by Crippen LogP contribution is -2.40. The highest BCUT2D eigenvalue weighted by molar-refractivity contribution is 5.79. The number of morpholine rings is 1. The van der Waals surface area contributed by atoms with Crippen molar-refractivity contribution in [2.45, 2.75) is 26.7 Å². The molecular weight excluding hydrogens is 328 g/mol. The fourth-order valence-corrected chi connectivity index (χ4v) is 2.81. The molecule has 1 aromatic rings. The molecule has 1 saturated heterocycles. The van der Waals surface area contributed by atoms with Crippen LogP contribution in [-0.2, 0) is 11.2 Å². The van der Waals surface area contributed by atoms with Crippen LogP contribution in [0.1, 0.15) is 25.8 Å². The van der Waals surface area contributed by atoms with Gasteiger partial charge in [0, 0.05) is 32.7 Å². The molecule has 0 saturated carbocycles. The zero-order valence-corrected chi connectivity index (χ0v) is 16.3. The van der Waals surface area contributed by atoms with Crippen molar-refractivity contribution in [1.29, 1.82) is 0 Å². The van der Waals surface area contributed by atoms with Gasteiger partial charge in [-0.05, 0) is 37.5 Å². The largest absolute Gasteiger partial charge is 0.494 e. The summed E-state index contributed by atoms with van der Waals surface area (Å²) < 4.78 is 11.1. The van der Waals surface area contributed by atoms with E-state index < -0.39 is 0 Å². The normalized spacial score (nSPS) is 15.7. The maximum atomic E-state index is 5.70. The third-order valence-electron chi connectivity index (χ3n) is 4.21. The van der Waals surface area contributed by atoms with Crippen molar-refractivity contribution in [2.75, 3.05) is 59.1 Å². The van der Waals surface area contributed by atoms with Crippen LogP contribution in [0.4, 0.5) is 0 Å². The lowest BCUT2D eigenvalue weighted by molar-refractivity contribution is 0.0394. The number of hydrogen-bond donors (Lipinski definition) is 2. The number of hydrogen-bond acceptors (Lipinski definition) is 4. The average Bonchev–Trinajstić information content (AvgIpc) is 2.67. The van der Waals surface area contributed by atoms with E-state index in [9.17, 15) is 0 Å². The number of rotatable bonds is 10. The van der Waals surface area contributed by atoms with Gasteiger partial charge in [-0.2, -0.15) is 0 Å². The molecule has 2 N–H and O–H groups in total. The van der Waals surface area contributed by atoms with Crippen molar-refractivity contribution in [3.63, 3.8) is 0 Å². The van der Waals surface area contributed by atoms with Crippen molar-refractivity contribution >= 4 is 5.96 Å². The van der Waals surface area contributed by atoms with E-state index in [1.165, 1.54) is 5.56 Å². The Morgan fingerprint density at radius 3 is 2.85 bits per heavy atom. The van der Waals surface area contributed by atoms with Crippen LogP contribution >= 0.6 is 0 Å². The molecule has 1 heterocycles. The van der Waals surface area contributed by atoms with E-state index in [1.54, 1.807) is 0 Å². The summed E-state index contributed by atoms with van der Waals surface area (Å²) in [5.74, 6) is 1.84. The Kier molecular flexibility index (Phi) is 9.90. The number of benzene rings is 1. The van der Waals surface area contributed by atoms with Gasteiger partial charge in [0.05, 0.1) is 26.4 Å². The molecule has 1 aliphatic heterocycles. The zero-order chi connectivity index (χ0) is 18.5. The molecule has 0 aliphatic carbocycles. The topological polar surface area (TPSA) is 58.1 Å². The maximum absolute atomic E-state index is 5.70. The van der Waals surface area contributed by atoms with E-state index in [1.807, 2.05) is 6.07 Å². The Bertz CT molecular complexity index is 530. The molecule has 0 atom stereocenters. The molecule has 0 radical (unpaired) electrons. The Morgan fingerprint density at radius 2 is 2.08 bits per heavy atom. The van der Waals surface area contributed by atoms with Crippen LogP contribution in [0.15, 0.2) is 29.3 Å². The Labute approximate surface area is 158 Å². The van der Waals surface area contributed by atoms with Gasteiger partial charge in [-0.25, -0.2) is 0 Å². The second-order valence-corrected chi connectivity index (χ2v) is 6.39. The fraction of sp³-hybridized carbons (Fsp3) is 0.650. The monoisotopic (exact) mass is 362 g/mol. The second kappa shape index (κ2) is 12.5. The Hall–Kier alpha value is -1.79. The molecule has 0 unspecified atom stereocenters. The predicted molar refractivity (Wildman–Crippen MR) is 107 cm³/mol. The third kappa shape index (κ3) is 8.06. The molecule has 1 aromatic carbocycles. The van der Waals surface area contributed by atoms with Crippen molar-refractivity contribution in [1.82, 2.24) is 15.5 Å². The van der Waals surface area contributed by atoms with Crippen LogP contribution in [0.2, 0.25) is 0 Å². The lowest BCUT2D eigenvalue weighted by Gasteiger charge is -2.25. The molecule has 0 amide bonds. The van der Waals surface area contributed by atoms with Crippen LogP contribution in [0.25, 0.3) is 0 Å². The van der Waals surface area contributed by atoms with Crippen molar-refractivity contribution in [2.24, 2.45) is 4.99 Å². The first kappa shape index (κ1) is 20.5. The summed E-state index contributed by atoms with van der Waals surface area (Å²) in [4.78, 5) is 7.09. The third-order valence-corrected chi connectivity index (χ3v) is 4.21. The van der Waals surface area contributed by atoms with Crippen LogP contribution in [-0.4, -0.2) is 69.9 Å². The average molecular weight is 363 g/mol. The number of nitrogens with one attached hydrogen (secondary N) is 2. The second-order valence-electron chi connectivity index (χ2n) is 6.39. The minimum atomic E-state index is 0.766. The number of nitrogens with zero attached hydrogens (tertiary/aromatic N) is 2. The molecular formula is C20H34N4O2. The molecule has 0 aromatic heterocycles. The number of aliphatic imine (C=N–C) groups is 1. The summed E-state index contributed by atoms with van der Waals surface area (Å²) in [6.07, 6.45) is 1.97. The van der Waals surface area contributed by atoms with Crippen molar-refractivity contribution < 1.29 is 9.47 Å². The van der Waals surface area contributed by atoms with Gasteiger partial charge in [-0.15, -0.1) is 0 Å². The van der Waals surface area contributed by atoms with E-state index in [4.69, 9.17) is 9.47 Å². The van der Waals surface area contributed by atoms with Crippen LogP contribution in [0.5, 0.6) is 5.75 Å². The van der Waals surface area contributed by atoms with Crippen LogP contribution < -0.4 is 15.4 Å². The van der Waals surface area contributed by atoms with Gasteiger partial charge >= 0.3 is 0 Å². The van der Waals surface area contributed by atoms with Crippen LogP contribution in [0, 0.1) is 0 Å². The first-order chi connectivity index (χ1) is 12.8. The first-order valence-corrected chi connectivity index (χ1v) is 9.85. The van der Waals surface area contributed by atoms with Crippen LogP contribution in [0.3, 0.4) is 0 Å². The van der Waals surface area contributed by atoms with E-state index in [0.29, 0.717) is 0 Å². The van der Waals surface area contributed by atoms with E-state index >= 15 is 0 Å². The fourth-order valence-electron chi connectivity index (χ4n) is 2.81. The summed E-state index contributed by atoms with van der Waals surface area (Å²) in [6, 6.07) is 8.34. The lowest BCUT2D eigenvalue weighted by atomic mass is 10.1. The van der Waals surface area contributed by atoms with Gasteiger partial charge in [-0.1, -0.05) is 19.1 Å². The van der Waals surface area contributed by atoms with Crippen molar-refractivity contribution in [3.05, 3.63) is 29.8 Å². The van der Waals surface area contributed by atoms with E-state index in [-0.39, 0.29) is 0 Å². The summed E-state index contributed by atoms with van der Waals surface area (Å²) in [7, 11) is 0. The van der Waals surface area contributed by atoms with Gasteiger partial charge in [0.25, 0.3) is 0 Å².